The molecule has 0 spiro atoms. The average Bonchev–Trinajstić information content (AvgIpc) is 3.10. The van der Waals surface area contributed by atoms with E-state index in [9.17, 15) is 14.0 Å². The molecule has 6 nitrogen and oxygen atoms in total. The molecule has 1 saturated heterocycles. The van der Waals surface area contributed by atoms with E-state index < -0.39 is 11.9 Å². The molecule has 1 fully saturated rings. The number of benzene rings is 2. The first-order chi connectivity index (χ1) is 13.5. The highest BCUT2D eigenvalue weighted by atomic mass is 19.1. The Morgan fingerprint density at radius 3 is 2.57 bits per heavy atom. The molecule has 148 valence electrons. The van der Waals surface area contributed by atoms with Crippen LogP contribution in [-0.4, -0.2) is 49.6 Å². The van der Waals surface area contributed by atoms with Gasteiger partial charge in [-0.15, -0.1) is 0 Å². The molecule has 1 aliphatic rings. The van der Waals surface area contributed by atoms with Gasteiger partial charge in [-0.25, -0.2) is 4.39 Å². The van der Waals surface area contributed by atoms with Crippen LogP contribution in [0.5, 0.6) is 5.75 Å². The molecule has 2 aromatic rings. The lowest BCUT2D eigenvalue weighted by Crippen LogP contribution is -2.37. The second kappa shape index (κ2) is 8.84. The molecule has 0 radical (unpaired) electrons. The topological polar surface area (TPSA) is 67.9 Å². The maximum atomic E-state index is 13.4. The van der Waals surface area contributed by atoms with Gasteiger partial charge in [0, 0.05) is 24.7 Å². The first-order valence-electron chi connectivity index (χ1n) is 9.01. The van der Waals surface area contributed by atoms with Crippen molar-refractivity contribution < 1.29 is 23.5 Å². The lowest BCUT2D eigenvalue weighted by molar-refractivity contribution is -0.146. The summed E-state index contributed by atoms with van der Waals surface area (Å²) >= 11 is 0. The van der Waals surface area contributed by atoms with Crippen molar-refractivity contribution in [1.82, 2.24) is 10.2 Å². The third-order valence-electron chi connectivity index (χ3n) is 4.84. The van der Waals surface area contributed by atoms with E-state index in [4.69, 9.17) is 9.47 Å². The fourth-order valence-electron chi connectivity index (χ4n) is 3.43. The van der Waals surface area contributed by atoms with Crippen LogP contribution in [0.25, 0.3) is 0 Å². The molecule has 1 heterocycles. The number of likely N-dealkylation sites (tertiary alicyclic amines) is 1. The lowest BCUT2D eigenvalue weighted by Gasteiger charge is -2.22. The Morgan fingerprint density at radius 2 is 1.93 bits per heavy atom. The summed E-state index contributed by atoms with van der Waals surface area (Å²) < 4.78 is 23.4. The van der Waals surface area contributed by atoms with Gasteiger partial charge in [-0.05, 0) is 42.3 Å². The Hall–Kier alpha value is -2.93. The van der Waals surface area contributed by atoms with Crippen molar-refractivity contribution in [2.75, 3.05) is 20.8 Å². The zero-order valence-electron chi connectivity index (χ0n) is 15.9. The molecule has 28 heavy (non-hydrogen) atoms. The zero-order chi connectivity index (χ0) is 20.1. The van der Waals surface area contributed by atoms with Crippen molar-refractivity contribution in [3.8, 4) is 5.75 Å². The summed E-state index contributed by atoms with van der Waals surface area (Å²) in [5.41, 5.74) is 1.27. The van der Waals surface area contributed by atoms with E-state index in [1.165, 1.54) is 25.3 Å². The van der Waals surface area contributed by atoms with Crippen LogP contribution in [-0.2, 0) is 16.1 Å². The van der Waals surface area contributed by atoms with Crippen molar-refractivity contribution in [3.05, 3.63) is 65.5 Å². The number of carbonyl (C=O) groups is 2. The van der Waals surface area contributed by atoms with Crippen LogP contribution in [0.15, 0.2) is 48.5 Å². The Kier molecular flexibility index (Phi) is 6.26. The number of halogens is 1. The van der Waals surface area contributed by atoms with E-state index in [-0.39, 0.29) is 23.5 Å². The third kappa shape index (κ3) is 4.67. The molecule has 2 aromatic carbocycles. The summed E-state index contributed by atoms with van der Waals surface area (Å²) in [5, 5.41) is 2.89. The number of rotatable bonds is 6. The fourth-order valence-corrected chi connectivity index (χ4v) is 3.43. The highest BCUT2D eigenvalue weighted by Crippen LogP contribution is 2.23. The monoisotopic (exact) mass is 386 g/mol. The molecular weight excluding hydrogens is 363 g/mol. The quantitative estimate of drug-likeness (QED) is 0.772. The van der Waals surface area contributed by atoms with E-state index in [1.54, 1.807) is 13.2 Å². The molecule has 0 unspecified atom stereocenters. The largest absolute Gasteiger partial charge is 0.497 e. The first-order valence-corrected chi connectivity index (χ1v) is 9.01. The van der Waals surface area contributed by atoms with E-state index >= 15 is 0 Å². The first kappa shape index (κ1) is 19.8. The molecule has 1 aliphatic heterocycles. The number of amides is 1. The minimum atomic E-state index is -0.465. The predicted molar refractivity (Wildman–Crippen MR) is 101 cm³/mol. The van der Waals surface area contributed by atoms with Crippen molar-refractivity contribution in [3.63, 3.8) is 0 Å². The summed E-state index contributed by atoms with van der Waals surface area (Å²) in [6.45, 7) is 1.03. The van der Waals surface area contributed by atoms with Crippen LogP contribution in [0.2, 0.25) is 0 Å². The average molecular weight is 386 g/mol. The van der Waals surface area contributed by atoms with Gasteiger partial charge in [0.1, 0.15) is 17.6 Å². The van der Waals surface area contributed by atoms with Gasteiger partial charge in [-0.3, -0.25) is 14.5 Å². The number of hydrogen-bond acceptors (Lipinski definition) is 5. The number of ether oxygens (including phenoxy) is 2. The van der Waals surface area contributed by atoms with Gasteiger partial charge in [0.15, 0.2) is 0 Å². The highest BCUT2D eigenvalue weighted by Gasteiger charge is 2.38. The maximum absolute atomic E-state index is 13.4. The lowest BCUT2D eigenvalue weighted by atomic mass is 10.1. The number of hydrogen-bond donors (Lipinski definition) is 1. The number of methoxy groups -OCH3 is 2. The van der Waals surface area contributed by atoms with Gasteiger partial charge in [-0.2, -0.15) is 0 Å². The Balaban J connectivity index is 1.69. The van der Waals surface area contributed by atoms with Crippen molar-refractivity contribution in [2.45, 2.75) is 25.0 Å². The van der Waals surface area contributed by atoms with Gasteiger partial charge < -0.3 is 14.8 Å². The molecule has 7 heteroatoms. The van der Waals surface area contributed by atoms with Gasteiger partial charge >= 0.3 is 5.97 Å². The molecule has 0 aliphatic carbocycles. The Bertz CT molecular complexity index is 841. The van der Waals surface area contributed by atoms with Crippen LogP contribution in [0.3, 0.4) is 0 Å². The van der Waals surface area contributed by atoms with Crippen molar-refractivity contribution in [1.29, 1.82) is 0 Å². The van der Waals surface area contributed by atoms with Gasteiger partial charge in [0.25, 0.3) is 5.91 Å². The van der Waals surface area contributed by atoms with E-state index in [0.717, 1.165) is 11.3 Å². The molecule has 1 N–H and O–H groups in total. The smallest absolute Gasteiger partial charge is 0.323 e. The van der Waals surface area contributed by atoms with Crippen LogP contribution in [0, 0.1) is 5.82 Å². The minimum Gasteiger partial charge on any atom is -0.497 e. The predicted octanol–water partition coefficient (Wildman–Crippen LogP) is 2.38. The van der Waals surface area contributed by atoms with E-state index in [0.29, 0.717) is 19.5 Å². The maximum Gasteiger partial charge on any atom is 0.323 e. The SMILES string of the molecule is COC(=O)[C@@H]1C[C@@H](NC(=O)c2cccc(F)c2)CN1Cc1ccc(OC)cc1. The summed E-state index contributed by atoms with van der Waals surface area (Å²) in [7, 11) is 2.96. The van der Waals surface area contributed by atoms with Gasteiger partial charge in [0.2, 0.25) is 0 Å². The highest BCUT2D eigenvalue weighted by molar-refractivity contribution is 5.94. The second-order valence-corrected chi connectivity index (χ2v) is 6.73. The van der Waals surface area contributed by atoms with E-state index in [2.05, 4.69) is 5.32 Å². The standard InChI is InChI=1S/C21H23FN2O4/c1-27-18-8-6-14(7-9-18)12-24-13-17(11-19(24)21(26)28-2)23-20(25)15-4-3-5-16(22)10-15/h3-10,17,19H,11-13H2,1-2H3,(H,23,25)/t17-,19+/m1/s1. The zero-order valence-corrected chi connectivity index (χ0v) is 15.9. The molecule has 2 atom stereocenters. The van der Waals surface area contributed by atoms with Crippen LogP contribution in [0.4, 0.5) is 4.39 Å². The van der Waals surface area contributed by atoms with Crippen LogP contribution < -0.4 is 10.1 Å². The summed E-state index contributed by atoms with van der Waals surface area (Å²) in [6.07, 6.45) is 0.434. The molecular formula is C21H23FN2O4. The fraction of sp³-hybridized carbons (Fsp3) is 0.333. The summed E-state index contributed by atoms with van der Waals surface area (Å²) in [6, 6.07) is 12.4. The van der Waals surface area contributed by atoms with Crippen LogP contribution in [0.1, 0.15) is 22.3 Å². The number of carbonyl (C=O) groups excluding carboxylic acids is 2. The van der Waals surface area contributed by atoms with Crippen molar-refractivity contribution >= 4 is 11.9 Å². The Labute approximate surface area is 163 Å². The minimum absolute atomic E-state index is 0.238. The number of nitrogens with zero attached hydrogens (tertiary/aromatic N) is 1. The summed E-state index contributed by atoms with van der Waals surface area (Å²) in [4.78, 5) is 26.6. The third-order valence-corrected chi connectivity index (χ3v) is 4.84. The number of nitrogens with one attached hydrogen (secondary N) is 1. The molecule has 0 bridgehead atoms. The van der Waals surface area contributed by atoms with E-state index in [1.807, 2.05) is 29.2 Å². The normalized spacial score (nSPS) is 19.2. The van der Waals surface area contributed by atoms with Crippen molar-refractivity contribution in [2.24, 2.45) is 0 Å². The van der Waals surface area contributed by atoms with Gasteiger partial charge in [-0.1, -0.05) is 18.2 Å². The molecule has 0 saturated carbocycles. The second-order valence-electron chi connectivity index (χ2n) is 6.73. The molecule has 0 aromatic heterocycles. The molecule has 1 amide bonds. The number of esters is 1. The molecule has 3 rings (SSSR count). The van der Waals surface area contributed by atoms with Crippen LogP contribution >= 0.6 is 0 Å². The Morgan fingerprint density at radius 1 is 1.18 bits per heavy atom. The summed E-state index contributed by atoms with van der Waals surface area (Å²) in [5.74, 6) is -0.405. The van der Waals surface area contributed by atoms with Gasteiger partial charge in [0.05, 0.1) is 14.2 Å².